The van der Waals surface area contributed by atoms with E-state index in [0.29, 0.717) is 0 Å². The van der Waals surface area contributed by atoms with Crippen LogP contribution in [0.2, 0.25) is 19.6 Å². The van der Waals surface area contributed by atoms with Gasteiger partial charge in [0, 0.05) is 79.3 Å². The molecule has 0 amide bonds. The van der Waals surface area contributed by atoms with E-state index in [-0.39, 0.29) is 61.2 Å². The van der Waals surface area contributed by atoms with Crippen LogP contribution in [0.5, 0.6) is 0 Å². The molecule has 0 N–H and O–H groups in total. The van der Waals surface area contributed by atoms with E-state index in [9.17, 15) is 0 Å². The van der Waals surface area contributed by atoms with E-state index in [1.165, 1.54) is 5.19 Å². The van der Waals surface area contributed by atoms with Crippen LogP contribution < -0.4 is 5.19 Å². The molecule has 0 aliphatic carbocycles. The quantitative estimate of drug-likeness (QED) is 0.131. The van der Waals surface area contributed by atoms with Crippen molar-refractivity contribution in [2.45, 2.75) is 19.6 Å². The van der Waals surface area contributed by atoms with Crippen molar-refractivity contribution in [3.05, 3.63) is 152 Å². The van der Waals surface area contributed by atoms with Crippen molar-refractivity contribution in [1.29, 1.82) is 0 Å². The molecule has 7 aromatic rings. The molecule has 2 heterocycles. The topological polar surface area (TPSA) is 43.6 Å². The van der Waals surface area contributed by atoms with Crippen molar-refractivity contribution in [3.8, 4) is 39.6 Å². The van der Waals surface area contributed by atoms with Gasteiger partial charge in [-0.25, -0.2) is 6.07 Å². The van der Waals surface area contributed by atoms with Crippen molar-refractivity contribution in [2.24, 2.45) is 0 Å². The summed E-state index contributed by atoms with van der Waals surface area (Å²) in [5.41, 5.74) is 6.87. The molecule has 0 bridgehead atoms. The number of rotatable bonds is 5. The summed E-state index contributed by atoms with van der Waals surface area (Å²) in [6.07, 6.45) is 3.91. The van der Waals surface area contributed by atoms with Gasteiger partial charge < -0.3 is 15.6 Å². The first kappa shape index (κ1) is 37.1. The number of hydrogen-bond acceptors (Lipinski definition) is 3. The third-order valence-electron chi connectivity index (χ3n) is 7.00. The van der Waals surface area contributed by atoms with Gasteiger partial charge in [0.15, 0.2) is 0 Å². The number of hydrogen-bond donors (Lipinski definition) is 0. The molecule has 2 aromatic heterocycles. The van der Waals surface area contributed by atoms with Crippen molar-refractivity contribution >= 4 is 32.7 Å². The largest absolute Gasteiger partial charge is 0.374 e. The van der Waals surface area contributed by atoms with Crippen LogP contribution >= 0.6 is 0 Å². The second-order valence-corrected chi connectivity index (χ2v) is 16.2. The van der Waals surface area contributed by atoms with Crippen LogP contribution in [0, 0.1) is 24.3 Å². The minimum Gasteiger partial charge on any atom is -0.374 e. The Morgan fingerprint density at radius 2 is 1.24 bits per heavy atom. The number of nitrogens with zero attached hydrogens (tertiary/aromatic N) is 4. The summed E-state index contributed by atoms with van der Waals surface area (Å²) in [4.78, 5) is 13.7. The van der Waals surface area contributed by atoms with E-state index in [0.717, 1.165) is 50.6 Å². The molecule has 0 aliphatic rings. The Morgan fingerprint density at radius 3 is 1.87 bits per heavy atom. The molecule has 0 saturated carbocycles. The summed E-state index contributed by atoms with van der Waals surface area (Å²) in [6.45, 7) is 6.88. The van der Waals surface area contributed by atoms with Gasteiger partial charge in [0.1, 0.15) is 0 Å². The molecule has 0 atom stereocenters. The Morgan fingerprint density at radius 1 is 0.630 bits per heavy atom. The van der Waals surface area contributed by atoms with Crippen molar-refractivity contribution in [2.75, 3.05) is 0 Å². The Hall–Kier alpha value is -3.31. The summed E-state index contributed by atoms with van der Waals surface area (Å²) >= 11 is 0. The number of aromatic nitrogens is 4. The smallest absolute Gasteiger partial charge is 0.0815 e. The molecule has 0 fully saturated rings. The molecule has 5 aromatic carbocycles. The first-order valence-electron chi connectivity index (χ1n) is 14.2. The van der Waals surface area contributed by atoms with Gasteiger partial charge >= 0.3 is 0 Å². The average molecular weight is 863 g/mol. The monoisotopic (exact) mass is 863 g/mol. The third-order valence-corrected chi connectivity index (χ3v) is 8.99. The van der Waals surface area contributed by atoms with Crippen LogP contribution in [-0.2, 0) is 52.8 Å². The number of fused-ring (bicyclic) bond motifs is 1. The fraction of sp³-hybridized carbons (Fsp3) is 0.0789. The Bertz CT molecular complexity index is 1950. The fourth-order valence-corrected chi connectivity index (χ4v) is 5.58. The van der Waals surface area contributed by atoms with E-state index >= 15 is 0 Å². The molecule has 0 spiro atoms. The predicted octanol–water partition coefficient (Wildman–Crippen LogP) is 7.86. The van der Waals surface area contributed by atoms with Gasteiger partial charge in [-0.2, -0.15) is 5.56 Å². The van der Waals surface area contributed by atoms with Crippen LogP contribution in [0.1, 0.15) is 0 Å². The maximum Gasteiger partial charge on any atom is 0.0815 e. The summed E-state index contributed by atoms with van der Waals surface area (Å²) in [6, 6.07) is 51.3. The first-order chi connectivity index (χ1) is 21.0. The molecule has 46 heavy (non-hydrogen) atoms. The van der Waals surface area contributed by atoms with Crippen LogP contribution in [0.15, 0.2) is 128 Å². The molecule has 7 rings (SSSR count). The zero-order valence-corrected chi connectivity index (χ0v) is 32.1. The Kier molecular flexibility index (Phi) is 13.7. The predicted molar refractivity (Wildman–Crippen MR) is 183 cm³/mol. The van der Waals surface area contributed by atoms with Crippen molar-refractivity contribution < 1.29 is 52.8 Å². The molecule has 0 saturated heterocycles. The zero-order chi connectivity index (χ0) is 29.6. The number of imidazole rings is 1. The van der Waals surface area contributed by atoms with Crippen molar-refractivity contribution in [1.82, 2.24) is 19.5 Å². The Balaban J connectivity index is 0.000000264. The fourth-order valence-electron chi connectivity index (χ4n) is 4.68. The van der Waals surface area contributed by atoms with Gasteiger partial charge in [0.05, 0.1) is 24.9 Å². The molecular weight excluding hydrogens is 832 g/mol. The van der Waals surface area contributed by atoms with Crippen LogP contribution in [0.25, 0.3) is 50.6 Å². The first-order valence-corrected chi connectivity index (χ1v) is 17.7. The van der Waals surface area contributed by atoms with Crippen LogP contribution in [-0.4, -0.2) is 36.0 Å². The zero-order valence-electron chi connectivity index (χ0n) is 25.9. The van der Waals surface area contributed by atoms with Crippen LogP contribution in [0.4, 0.5) is 0 Å². The Labute approximate surface area is 313 Å². The van der Waals surface area contributed by atoms with Gasteiger partial charge in [-0.05, 0) is 35.3 Å². The van der Waals surface area contributed by atoms with Gasteiger partial charge in [0.25, 0.3) is 0 Å². The SMILES string of the molecule is C[Si](C)(C)c1cnc(-c2[c-]cccc2)nc1.[B].[Ir].[Y].[c-]1ccc(-c2[c-]cccc2)[c-]c1-c1nc2ccccc2n1-c1ccccc1. The second-order valence-electron chi connectivity index (χ2n) is 11.1. The average Bonchev–Trinajstić information content (AvgIpc) is 3.46. The van der Waals surface area contributed by atoms with Gasteiger partial charge in [-0.3, -0.25) is 33.2 Å². The third kappa shape index (κ3) is 8.73. The molecular formula is C38H30BIrN4SiY-4. The molecule has 5 radical (unpaired) electrons. The number of para-hydroxylation sites is 3. The molecule has 8 heteroatoms. The summed E-state index contributed by atoms with van der Waals surface area (Å²) < 4.78 is 2.16. The standard InChI is InChI=1S/C25H15N2.C13H15N2Si.B.Ir.Y/c1-3-10-19(11-4-1)20-12-9-13-21(18-20)25-26-23-16-7-8-17-24(23)27(25)22-14-5-2-6-15-22;1-16(2,3)12-9-14-13(15-10-12)11-7-5-4-6-8-11;;;/h1-10,12,14-17H;4-7,9-10H,1-3H3;;;/q-3;-1;;;. The maximum absolute atomic E-state index is 4.88. The van der Waals surface area contributed by atoms with Crippen molar-refractivity contribution in [3.63, 3.8) is 0 Å². The van der Waals surface area contributed by atoms with E-state index in [4.69, 9.17) is 4.98 Å². The van der Waals surface area contributed by atoms with Gasteiger partial charge in [-0.15, -0.1) is 66.2 Å². The van der Waals surface area contributed by atoms with E-state index in [2.05, 4.69) is 76.6 Å². The minimum absolute atomic E-state index is 0. The summed E-state index contributed by atoms with van der Waals surface area (Å²) in [7, 11) is -1.29. The normalized spacial score (nSPS) is 10.4. The molecule has 0 aliphatic heterocycles. The van der Waals surface area contributed by atoms with Gasteiger partial charge in [0.2, 0.25) is 0 Å². The number of benzene rings is 5. The summed E-state index contributed by atoms with van der Waals surface area (Å²) in [5.74, 6) is 1.59. The maximum atomic E-state index is 4.88. The van der Waals surface area contributed by atoms with E-state index in [1.807, 2.05) is 109 Å². The second kappa shape index (κ2) is 17.0. The molecule has 4 nitrogen and oxygen atoms in total. The molecule has 225 valence electrons. The molecule has 0 unspecified atom stereocenters. The summed E-state index contributed by atoms with van der Waals surface area (Å²) in [5, 5.41) is 1.28. The van der Waals surface area contributed by atoms with Crippen LogP contribution in [0.3, 0.4) is 0 Å². The van der Waals surface area contributed by atoms with Gasteiger partial charge in [-0.1, -0.05) is 50.0 Å². The minimum atomic E-state index is -1.29. The van der Waals surface area contributed by atoms with E-state index < -0.39 is 8.07 Å². The van der Waals surface area contributed by atoms with E-state index in [1.54, 1.807) is 0 Å².